The summed E-state index contributed by atoms with van der Waals surface area (Å²) in [6.07, 6.45) is 6.69. The lowest BCUT2D eigenvalue weighted by Gasteiger charge is -2.30. The average Bonchev–Trinajstić information content (AvgIpc) is 3.08. The van der Waals surface area contributed by atoms with Crippen LogP contribution in [0.4, 0.5) is 5.69 Å². The van der Waals surface area contributed by atoms with Crippen LogP contribution in [0.5, 0.6) is 5.75 Å². The first-order valence-electron chi connectivity index (χ1n) is 9.07. The minimum Gasteiger partial charge on any atom is -0.491 e. The Morgan fingerprint density at radius 2 is 2.00 bits per heavy atom. The molecule has 1 saturated heterocycles. The van der Waals surface area contributed by atoms with Gasteiger partial charge in [-0.2, -0.15) is 0 Å². The topological polar surface area (TPSA) is 59.6 Å². The molecule has 1 aromatic carbocycles. The van der Waals surface area contributed by atoms with E-state index in [0.717, 1.165) is 56.6 Å². The maximum absolute atomic E-state index is 11.1. The van der Waals surface area contributed by atoms with E-state index in [2.05, 4.69) is 22.8 Å². The highest BCUT2D eigenvalue weighted by atomic mass is 16.5. The number of ether oxygens (including phenoxy) is 2. The minimum absolute atomic E-state index is 0.0718. The molecule has 1 amide bonds. The molecule has 2 aliphatic rings. The summed E-state index contributed by atoms with van der Waals surface area (Å²) >= 11 is 0. The zero-order chi connectivity index (χ0) is 16.8. The van der Waals surface area contributed by atoms with E-state index in [-0.39, 0.29) is 12.0 Å². The Balaban J connectivity index is 1.45. The Bertz CT molecular complexity index is 535. The highest BCUT2D eigenvalue weighted by molar-refractivity contribution is 5.73. The Kier molecular flexibility index (Phi) is 5.96. The molecule has 0 unspecified atom stereocenters. The van der Waals surface area contributed by atoms with Gasteiger partial charge in [-0.05, 0) is 50.7 Å². The van der Waals surface area contributed by atoms with Gasteiger partial charge in [0, 0.05) is 37.4 Å². The molecule has 0 spiro atoms. The highest BCUT2D eigenvalue weighted by Crippen LogP contribution is 2.25. The van der Waals surface area contributed by atoms with E-state index in [0.29, 0.717) is 18.7 Å². The molecule has 1 aliphatic carbocycles. The summed E-state index contributed by atoms with van der Waals surface area (Å²) in [5.41, 5.74) is 1.10. The first kappa shape index (κ1) is 17.1. The molecule has 2 fully saturated rings. The first-order valence-corrected chi connectivity index (χ1v) is 9.07. The predicted octanol–water partition coefficient (Wildman–Crippen LogP) is 3.10. The Morgan fingerprint density at radius 1 is 1.21 bits per heavy atom. The number of benzene rings is 1. The van der Waals surface area contributed by atoms with E-state index in [1.54, 1.807) is 6.92 Å². The van der Waals surface area contributed by atoms with Gasteiger partial charge in [0.2, 0.25) is 5.91 Å². The van der Waals surface area contributed by atoms with E-state index >= 15 is 0 Å². The van der Waals surface area contributed by atoms with Gasteiger partial charge < -0.3 is 20.1 Å². The molecule has 3 rings (SSSR count). The molecular formula is C19H28N2O3. The SMILES string of the molecule is CC(=O)NC1CCC(Nc2cccc(OC[C@@H]3CCCO3)c2)CC1. The summed E-state index contributed by atoms with van der Waals surface area (Å²) < 4.78 is 11.5. The van der Waals surface area contributed by atoms with E-state index in [4.69, 9.17) is 9.47 Å². The third kappa shape index (κ3) is 5.13. The highest BCUT2D eigenvalue weighted by Gasteiger charge is 2.21. The second kappa shape index (κ2) is 8.38. The smallest absolute Gasteiger partial charge is 0.217 e. The van der Waals surface area contributed by atoms with E-state index in [1.165, 1.54) is 0 Å². The largest absolute Gasteiger partial charge is 0.491 e. The summed E-state index contributed by atoms with van der Waals surface area (Å²) in [4.78, 5) is 11.1. The monoisotopic (exact) mass is 332 g/mol. The van der Waals surface area contributed by atoms with Crippen molar-refractivity contribution in [3.63, 3.8) is 0 Å². The van der Waals surface area contributed by atoms with Crippen LogP contribution in [0.15, 0.2) is 24.3 Å². The van der Waals surface area contributed by atoms with Crippen LogP contribution in [0, 0.1) is 0 Å². The molecule has 2 N–H and O–H groups in total. The van der Waals surface area contributed by atoms with Gasteiger partial charge in [0.15, 0.2) is 0 Å². The summed E-state index contributed by atoms with van der Waals surface area (Å²) in [5.74, 6) is 0.963. The number of rotatable bonds is 6. The van der Waals surface area contributed by atoms with E-state index < -0.39 is 0 Å². The van der Waals surface area contributed by atoms with Crippen LogP contribution in [0.25, 0.3) is 0 Å². The number of amides is 1. The molecule has 0 radical (unpaired) electrons. The number of hydrogen-bond donors (Lipinski definition) is 2. The molecule has 1 heterocycles. The molecule has 1 saturated carbocycles. The zero-order valence-electron chi connectivity index (χ0n) is 14.4. The third-order valence-electron chi connectivity index (χ3n) is 4.80. The maximum Gasteiger partial charge on any atom is 0.217 e. The lowest BCUT2D eigenvalue weighted by Crippen LogP contribution is -2.39. The number of hydrogen-bond acceptors (Lipinski definition) is 4. The predicted molar refractivity (Wildman–Crippen MR) is 94.4 cm³/mol. The molecule has 24 heavy (non-hydrogen) atoms. The van der Waals surface area contributed by atoms with E-state index in [1.807, 2.05) is 12.1 Å². The fourth-order valence-corrected chi connectivity index (χ4v) is 3.55. The summed E-state index contributed by atoms with van der Waals surface area (Å²) in [5, 5.41) is 6.62. The van der Waals surface area contributed by atoms with Crippen LogP contribution < -0.4 is 15.4 Å². The van der Waals surface area contributed by atoms with Crippen LogP contribution >= 0.6 is 0 Å². The van der Waals surface area contributed by atoms with Crippen LogP contribution in [0.3, 0.4) is 0 Å². The second-order valence-electron chi connectivity index (χ2n) is 6.87. The fraction of sp³-hybridized carbons (Fsp3) is 0.632. The normalized spacial score (nSPS) is 26.8. The molecule has 1 atom stereocenters. The quantitative estimate of drug-likeness (QED) is 0.840. The number of nitrogens with one attached hydrogen (secondary N) is 2. The molecule has 0 bridgehead atoms. The van der Waals surface area contributed by atoms with Gasteiger partial charge in [-0.1, -0.05) is 6.07 Å². The van der Waals surface area contributed by atoms with Crippen LogP contribution in [0.2, 0.25) is 0 Å². The summed E-state index contributed by atoms with van der Waals surface area (Å²) in [6, 6.07) is 8.96. The van der Waals surface area contributed by atoms with Crippen molar-refractivity contribution in [2.75, 3.05) is 18.5 Å². The van der Waals surface area contributed by atoms with Crippen molar-refractivity contribution in [1.82, 2.24) is 5.32 Å². The molecule has 5 nitrogen and oxygen atoms in total. The third-order valence-corrected chi connectivity index (χ3v) is 4.80. The summed E-state index contributed by atoms with van der Waals surface area (Å²) in [7, 11) is 0. The number of carbonyl (C=O) groups excluding carboxylic acids is 1. The van der Waals surface area contributed by atoms with Crippen LogP contribution in [0.1, 0.15) is 45.4 Å². The van der Waals surface area contributed by atoms with Gasteiger partial charge in [0.25, 0.3) is 0 Å². The van der Waals surface area contributed by atoms with Gasteiger partial charge in [-0.3, -0.25) is 4.79 Å². The van der Waals surface area contributed by atoms with Gasteiger partial charge >= 0.3 is 0 Å². The Labute approximate surface area is 144 Å². The summed E-state index contributed by atoms with van der Waals surface area (Å²) in [6.45, 7) is 3.08. The maximum atomic E-state index is 11.1. The first-order chi connectivity index (χ1) is 11.7. The lowest BCUT2D eigenvalue weighted by molar-refractivity contribution is -0.119. The second-order valence-corrected chi connectivity index (χ2v) is 6.87. The molecule has 1 aromatic rings. The van der Waals surface area contributed by atoms with Crippen molar-refractivity contribution in [2.24, 2.45) is 0 Å². The van der Waals surface area contributed by atoms with Gasteiger partial charge in [0.1, 0.15) is 12.4 Å². The van der Waals surface area contributed by atoms with Crippen molar-refractivity contribution >= 4 is 11.6 Å². The molecule has 0 aromatic heterocycles. The van der Waals surface area contributed by atoms with Crippen molar-refractivity contribution < 1.29 is 14.3 Å². The standard InChI is InChI=1S/C19H28N2O3/c1-14(22)20-15-7-9-16(10-8-15)21-17-4-2-5-18(12-17)24-13-19-6-3-11-23-19/h2,4-5,12,15-16,19,21H,3,6-11,13H2,1H3,(H,20,22)/t15?,16?,19-/m0/s1. The number of anilines is 1. The average molecular weight is 332 g/mol. The Hall–Kier alpha value is -1.75. The van der Waals surface area contributed by atoms with Gasteiger partial charge in [-0.25, -0.2) is 0 Å². The van der Waals surface area contributed by atoms with E-state index in [9.17, 15) is 4.79 Å². The van der Waals surface area contributed by atoms with Gasteiger partial charge in [-0.15, -0.1) is 0 Å². The molecule has 1 aliphatic heterocycles. The minimum atomic E-state index is 0.0718. The molecule has 5 heteroatoms. The number of carbonyl (C=O) groups is 1. The Morgan fingerprint density at radius 3 is 2.71 bits per heavy atom. The van der Waals surface area contributed by atoms with Crippen molar-refractivity contribution in [2.45, 2.75) is 63.6 Å². The van der Waals surface area contributed by atoms with Crippen molar-refractivity contribution in [3.8, 4) is 5.75 Å². The molecular weight excluding hydrogens is 304 g/mol. The van der Waals surface area contributed by atoms with Crippen molar-refractivity contribution in [3.05, 3.63) is 24.3 Å². The van der Waals surface area contributed by atoms with Crippen LogP contribution in [-0.2, 0) is 9.53 Å². The fourth-order valence-electron chi connectivity index (χ4n) is 3.55. The van der Waals surface area contributed by atoms with Crippen molar-refractivity contribution in [1.29, 1.82) is 0 Å². The van der Waals surface area contributed by atoms with Gasteiger partial charge in [0.05, 0.1) is 6.10 Å². The lowest BCUT2D eigenvalue weighted by atomic mass is 9.91. The van der Waals surface area contributed by atoms with Crippen LogP contribution in [-0.4, -0.2) is 37.3 Å². The zero-order valence-corrected chi connectivity index (χ0v) is 14.4. The molecule has 132 valence electrons.